The van der Waals surface area contributed by atoms with Gasteiger partial charge in [-0.25, -0.2) is 0 Å². The highest BCUT2D eigenvalue weighted by Gasteiger charge is 2.19. The molecule has 0 radical (unpaired) electrons. The average molecular weight is 809 g/mol. The van der Waals surface area contributed by atoms with Crippen molar-refractivity contribution in [2.75, 3.05) is 4.90 Å². The van der Waals surface area contributed by atoms with E-state index in [1.54, 1.807) is 0 Å². The Morgan fingerprint density at radius 3 is 1.58 bits per heavy atom. The molecule has 0 aliphatic rings. The Bertz CT molecular complexity index is 3800. The molecule has 0 bridgehead atoms. The zero-order valence-electron chi connectivity index (χ0n) is 33.5. The predicted octanol–water partition coefficient (Wildman–Crippen LogP) is 17.0. The first-order valence-electron chi connectivity index (χ1n) is 21.1. The highest BCUT2D eigenvalue weighted by molar-refractivity contribution is 7.25. The molecule has 3 heterocycles. The Morgan fingerprint density at radius 1 is 0.371 bits per heavy atom. The minimum absolute atomic E-state index is 0.897. The summed E-state index contributed by atoms with van der Waals surface area (Å²) in [6.45, 7) is 0. The van der Waals surface area contributed by atoms with E-state index in [1.165, 1.54) is 58.5 Å². The van der Waals surface area contributed by atoms with E-state index in [0.29, 0.717) is 0 Å². The number of anilines is 3. The van der Waals surface area contributed by atoms with Crippen molar-refractivity contribution in [3.05, 3.63) is 218 Å². The lowest BCUT2D eigenvalue weighted by molar-refractivity contribution is 0.673. The van der Waals surface area contributed by atoms with Crippen LogP contribution in [0.5, 0.6) is 0 Å². The van der Waals surface area contributed by atoms with Gasteiger partial charge in [-0.1, -0.05) is 133 Å². The van der Waals surface area contributed by atoms with Gasteiger partial charge < -0.3 is 13.9 Å². The van der Waals surface area contributed by atoms with Crippen LogP contribution >= 0.6 is 11.3 Å². The molecule has 0 N–H and O–H groups in total. The summed E-state index contributed by atoms with van der Waals surface area (Å²) in [7, 11) is 0. The first kappa shape index (κ1) is 34.9. The smallest absolute Gasteiger partial charge is 0.143 e. The number of benzene rings is 10. The number of nitrogens with zero attached hydrogens (tertiary/aromatic N) is 2. The van der Waals surface area contributed by atoms with Gasteiger partial charge in [0.1, 0.15) is 11.2 Å². The van der Waals surface area contributed by atoms with Gasteiger partial charge in [-0.05, 0) is 113 Å². The molecule has 62 heavy (non-hydrogen) atoms. The molecule has 3 aromatic heterocycles. The van der Waals surface area contributed by atoms with E-state index in [2.05, 4.69) is 228 Å². The van der Waals surface area contributed by atoms with Crippen LogP contribution in [-0.2, 0) is 0 Å². The van der Waals surface area contributed by atoms with Gasteiger partial charge in [-0.2, -0.15) is 0 Å². The summed E-state index contributed by atoms with van der Waals surface area (Å²) >= 11 is 1.86. The van der Waals surface area contributed by atoms with Gasteiger partial charge in [0.15, 0.2) is 0 Å². The summed E-state index contributed by atoms with van der Waals surface area (Å²) in [4.78, 5) is 2.36. The van der Waals surface area contributed by atoms with Gasteiger partial charge in [-0.15, -0.1) is 11.3 Å². The van der Waals surface area contributed by atoms with Gasteiger partial charge in [0.25, 0.3) is 0 Å². The van der Waals surface area contributed by atoms with Crippen molar-refractivity contribution >= 4 is 103 Å². The zero-order chi connectivity index (χ0) is 40.7. The number of fused-ring (bicyclic) bond motifs is 11. The molecule has 10 aromatic carbocycles. The molecule has 13 rings (SSSR count). The minimum atomic E-state index is 0.897. The van der Waals surface area contributed by atoms with E-state index in [-0.39, 0.29) is 0 Å². The fourth-order valence-electron chi connectivity index (χ4n) is 9.79. The van der Waals surface area contributed by atoms with Crippen LogP contribution in [0, 0.1) is 0 Å². The van der Waals surface area contributed by atoms with Crippen molar-refractivity contribution in [3.8, 4) is 27.9 Å². The van der Waals surface area contributed by atoms with Crippen LogP contribution in [0.3, 0.4) is 0 Å². The fourth-order valence-corrected chi connectivity index (χ4v) is 10.9. The molecule has 0 atom stereocenters. The molecule has 290 valence electrons. The first-order chi connectivity index (χ1) is 30.7. The minimum Gasteiger partial charge on any atom is -0.455 e. The Labute approximate surface area is 361 Å². The van der Waals surface area contributed by atoms with E-state index >= 15 is 0 Å². The topological polar surface area (TPSA) is 21.3 Å². The summed E-state index contributed by atoms with van der Waals surface area (Å²) in [6.07, 6.45) is 0. The van der Waals surface area contributed by atoms with Crippen LogP contribution in [-0.4, -0.2) is 4.57 Å². The average Bonchev–Trinajstić information content (AvgIpc) is 4.03. The molecule has 0 saturated heterocycles. The molecule has 0 aliphatic carbocycles. The molecule has 4 heteroatoms. The molecule has 0 spiro atoms. The highest BCUT2D eigenvalue weighted by Crippen LogP contribution is 2.44. The lowest BCUT2D eigenvalue weighted by atomic mass is 9.97. The van der Waals surface area contributed by atoms with Gasteiger partial charge >= 0.3 is 0 Å². The summed E-state index contributed by atoms with van der Waals surface area (Å²) in [5, 5.41) is 9.73. The summed E-state index contributed by atoms with van der Waals surface area (Å²) < 4.78 is 11.6. The fraction of sp³-hybridized carbons (Fsp3) is 0. The summed E-state index contributed by atoms with van der Waals surface area (Å²) in [5.41, 5.74) is 13.4. The van der Waals surface area contributed by atoms with Crippen LogP contribution in [0.25, 0.3) is 103 Å². The number of furan rings is 1. The molecular formula is C58H36N2OS. The summed E-state index contributed by atoms with van der Waals surface area (Å²) in [6, 6.07) is 79.1. The Hall–Kier alpha value is -7.92. The van der Waals surface area contributed by atoms with Crippen molar-refractivity contribution in [1.29, 1.82) is 0 Å². The maximum atomic E-state index is 6.56. The zero-order valence-corrected chi connectivity index (χ0v) is 34.3. The molecular weight excluding hydrogens is 773 g/mol. The monoisotopic (exact) mass is 808 g/mol. The van der Waals surface area contributed by atoms with Crippen LogP contribution in [0.15, 0.2) is 223 Å². The Kier molecular flexibility index (Phi) is 7.78. The Morgan fingerprint density at radius 2 is 0.903 bits per heavy atom. The number of hydrogen-bond acceptors (Lipinski definition) is 3. The predicted molar refractivity (Wildman–Crippen MR) is 264 cm³/mol. The third-order valence-electron chi connectivity index (χ3n) is 12.6. The van der Waals surface area contributed by atoms with Crippen LogP contribution in [0.4, 0.5) is 17.1 Å². The standard InChI is InChI=1S/C58H36N2OS/c1-2-12-46-37(11-1)27-36-50-56-44(16-9-20-53(56)61-58(46)50)38-23-28-40(29-24-38)59(41-30-25-39(26-31-41)45-17-10-22-55-57(45)49-15-5-8-21-54(49)62-55)42-32-34-43(35-33-42)60-51-18-6-3-13-47(51)48-14-4-7-19-52(48)60/h1-36H. The van der Waals surface area contributed by atoms with Crippen molar-refractivity contribution in [3.63, 3.8) is 0 Å². The van der Waals surface area contributed by atoms with E-state index < -0.39 is 0 Å². The largest absolute Gasteiger partial charge is 0.455 e. The molecule has 0 unspecified atom stereocenters. The number of para-hydroxylation sites is 2. The third kappa shape index (κ3) is 5.37. The lowest BCUT2D eigenvalue weighted by Crippen LogP contribution is -2.10. The molecule has 3 nitrogen and oxygen atoms in total. The maximum absolute atomic E-state index is 6.56. The van der Waals surface area contributed by atoms with E-state index in [1.807, 2.05) is 11.3 Å². The number of thiophene rings is 1. The van der Waals surface area contributed by atoms with E-state index in [0.717, 1.165) is 61.2 Å². The molecule has 0 amide bonds. The van der Waals surface area contributed by atoms with Crippen molar-refractivity contribution in [1.82, 2.24) is 4.57 Å². The van der Waals surface area contributed by atoms with Crippen LogP contribution in [0.1, 0.15) is 0 Å². The van der Waals surface area contributed by atoms with Gasteiger partial charge in [0.05, 0.1) is 11.0 Å². The maximum Gasteiger partial charge on any atom is 0.143 e. The van der Waals surface area contributed by atoms with Gasteiger partial charge in [-0.3, -0.25) is 0 Å². The first-order valence-corrected chi connectivity index (χ1v) is 21.9. The van der Waals surface area contributed by atoms with Crippen molar-refractivity contribution in [2.45, 2.75) is 0 Å². The molecule has 0 saturated carbocycles. The molecule has 0 aliphatic heterocycles. The number of aromatic nitrogens is 1. The molecule has 13 aromatic rings. The number of hydrogen-bond donors (Lipinski definition) is 0. The molecule has 0 fully saturated rings. The van der Waals surface area contributed by atoms with Crippen LogP contribution < -0.4 is 4.90 Å². The van der Waals surface area contributed by atoms with E-state index in [4.69, 9.17) is 4.42 Å². The second kappa shape index (κ2) is 13.8. The second-order valence-electron chi connectivity index (χ2n) is 16.0. The van der Waals surface area contributed by atoms with Crippen molar-refractivity contribution in [2.24, 2.45) is 0 Å². The van der Waals surface area contributed by atoms with Gasteiger partial charge in [0.2, 0.25) is 0 Å². The number of rotatable bonds is 6. The third-order valence-corrected chi connectivity index (χ3v) is 13.7. The Balaban J connectivity index is 0.935. The SMILES string of the molecule is c1ccc2c(c1)ccc1c2oc2cccc(-c3ccc(N(c4ccc(-c5cccc6sc7ccccc7c56)cc4)c4ccc(-n5c6ccccc6c6ccccc65)cc4)cc3)c21. The van der Waals surface area contributed by atoms with Crippen molar-refractivity contribution < 1.29 is 4.42 Å². The second-order valence-corrected chi connectivity index (χ2v) is 17.1. The van der Waals surface area contributed by atoms with Crippen LogP contribution in [0.2, 0.25) is 0 Å². The van der Waals surface area contributed by atoms with E-state index in [9.17, 15) is 0 Å². The quantitative estimate of drug-likeness (QED) is 0.167. The van der Waals surface area contributed by atoms with Gasteiger partial charge in [0, 0.05) is 69.9 Å². The highest BCUT2D eigenvalue weighted by atomic mass is 32.1. The normalized spacial score (nSPS) is 11.9. The lowest BCUT2D eigenvalue weighted by Gasteiger charge is -2.26. The summed E-state index contributed by atoms with van der Waals surface area (Å²) in [5.74, 6) is 0.